The van der Waals surface area contributed by atoms with Crippen molar-refractivity contribution < 1.29 is 24.3 Å². The molecule has 0 aliphatic carbocycles. The summed E-state index contributed by atoms with van der Waals surface area (Å²) in [5, 5.41) is 19.4. The normalized spacial score (nSPS) is 21.3. The highest BCUT2D eigenvalue weighted by Gasteiger charge is 2.50. The van der Waals surface area contributed by atoms with Crippen molar-refractivity contribution >= 4 is 69.0 Å². The lowest BCUT2D eigenvalue weighted by Crippen LogP contribution is -2.69. The Bertz CT molecular complexity index is 1100. The zero-order valence-electron chi connectivity index (χ0n) is 14.9. The van der Waals surface area contributed by atoms with Gasteiger partial charge in [0.1, 0.15) is 18.5 Å². The zero-order valence-corrected chi connectivity index (χ0v) is 17.3. The number of rotatable bonds is 5. The van der Waals surface area contributed by atoms with Crippen LogP contribution in [0, 0.1) is 0 Å². The Hall–Kier alpha value is -2.56. The van der Waals surface area contributed by atoms with E-state index in [-0.39, 0.29) is 28.3 Å². The van der Waals surface area contributed by atoms with Gasteiger partial charge in [-0.2, -0.15) is 0 Å². The molecule has 1 aromatic heterocycles. The first kappa shape index (κ1) is 19.7. The summed E-state index contributed by atoms with van der Waals surface area (Å²) in [6.07, 6.45) is 1.33. The van der Waals surface area contributed by atoms with E-state index >= 15 is 0 Å². The summed E-state index contributed by atoms with van der Waals surface area (Å²) in [5.41, 5.74) is 0.207. The molecule has 2 atom stereocenters. The summed E-state index contributed by atoms with van der Waals surface area (Å²) >= 11 is 8.63. The number of fused-ring (bicyclic) bond motifs is 2. The predicted molar refractivity (Wildman–Crippen MR) is 111 cm³/mol. The second kappa shape index (κ2) is 7.69. The number of amides is 2. The van der Waals surface area contributed by atoms with Crippen LogP contribution in [0.4, 0.5) is 0 Å². The Morgan fingerprint density at radius 2 is 2.21 bits per heavy atom. The molecule has 8 nitrogen and oxygen atoms in total. The predicted octanol–water partition coefficient (Wildman–Crippen LogP) is 2.27. The van der Waals surface area contributed by atoms with Crippen molar-refractivity contribution in [2.24, 2.45) is 5.16 Å². The molecule has 2 aliphatic rings. The second-order valence-electron chi connectivity index (χ2n) is 6.28. The molecular formula is C18H14ClN3O5S2. The summed E-state index contributed by atoms with van der Waals surface area (Å²) in [5.74, 6) is -1.72. The van der Waals surface area contributed by atoms with Gasteiger partial charge in [-0.3, -0.25) is 9.59 Å². The van der Waals surface area contributed by atoms with Gasteiger partial charge in [0.25, 0.3) is 11.8 Å². The van der Waals surface area contributed by atoms with Crippen LogP contribution in [0.2, 0.25) is 5.02 Å². The SMILES string of the molecule is CON=C(C(=O)NC1C(=O)N2C=C(C(=O)O)CS[C@H]12)c1scc2cc(Cl)ccc12. The molecule has 0 spiro atoms. The van der Waals surface area contributed by atoms with Crippen LogP contribution in [0.1, 0.15) is 4.88 Å². The van der Waals surface area contributed by atoms with E-state index in [2.05, 4.69) is 10.5 Å². The van der Waals surface area contributed by atoms with E-state index < -0.39 is 17.9 Å². The van der Waals surface area contributed by atoms with Crippen molar-refractivity contribution in [1.29, 1.82) is 0 Å². The number of benzene rings is 1. The highest BCUT2D eigenvalue weighted by Crippen LogP contribution is 2.36. The number of aliphatic carboxylic acids is 1. The molecule has 1 unspecified atom stereocenters. The molecule has 0 bridgehead atoms. The number of hydrogen-bond acceptors (Lipinski definition) is 7. The Morgan fingerprint density at radius 3 is 2.93 bits per heavy atom. The van der Waals surface area contributed by atoms with E-state index in [1.165, 1.54) is 41.3 Å². The minimum atomic E-state index is -1.06. The smallest absolute Gasteiger partial charge is 0.333 e. The molecular weight excluding hydrogens is 438 g/mol. The minimum absolute atomic E-state index is 0.0589. The molecule has 0 radical (unpaired) electrons. The van der Waals surface area contributed by atoms with Crippen LogP contribution in [0.5, 0.6) is 0 Å². The fraction of sp³-hybridized carbons (Fsp3) is 0.222. The van der Waals surface area contributed by atoms with Crippen LogP contribution in [0.15, 0.2) is 40.5 Å². The third-order valence-corrected chi connectivity index (χ3v) is 7.09. The Labute approximate surface area is 178 Å². The second-order valence-corrected chi connectivity index (χ2v) is 8.70. The van der Waals surface area contributed by atoms with E-state index in [0.717, 1.165) is 10.8 Å². The van der Waals surface area contributed by atoms with E-state index in [1.54, 1.807) is 18.2 Å². The van der Waals surface area contributed by atoms with Crippen molar-refractivity contribution in [3.63, 3.8) is 0 Å². The van der Waals surface area contributed by atoms with E-state index in [4.69, 9.17) is 21.5 Å². The largest absolute Gasteiger partial charge is 0.478 e. The third-order valence-electron chi connectivity index (χ3n) is 4.52. The van der Waals surface area contributed by atoms with Crippen LogP contribution in [0.25, 0.3) is 10.8 Å². The molecule has 0 saturated carbocycles. The van der Waals surface area contributed by atoms with Gasteiger partial charge in [-0.15, -0.1) is 23.1 Å². The number of halogens is 1. The molecule has 2 aliphatic heterocycles. The first-order valence-corrected chi connectivity index (χ1v) is 10.7. The fourth-order valence-corrected chi connectivity index (χ4v) is 5.55. The van der Waals surface area contributed by atoms with Crippen molar-refractivity contribution in [2.45, 2.75) is 11.4 Å². The van der Waals surface area contributed by atoms with Gasteiger partial charge in [-0.1, -0.05) is 22.8 Å². The quantitative estimate of drug-likeness (QED) is 0.410. The van der Waals surface area contributed by atoms with Crippen LogP contribution in [-0.4, -0.2) is 57.8 Å². The number of carbonyl (C=O) groups excluding carboxylic acids is 2. The molecule has 1 fully saturated rings. The number of β-lactam (4-membered cyclic amide) rings is 1. The van der Waals surface area contributed by atoms with Gasteiger partial charge >= 0.3 is 5.97 Å². The van der Waals surface area contributed by atoms with Gasteiger partial charge in [0.2, 0.25) is 0 Å². The molecule has 29 heavy (non-hydrogen) atoms. The van der Waals surface area contributed by atoms with Gasteiger partial charge < -0.3 is 20.2 Å². The van der Waals surface area contributed by atoms with Crippen LogP contribution < -0.4 is 5.32 Å². The highest BCUT2D eigenvalue weighted by molar-refractivity contribution is 8.00. The number of carboxylic acids is 1. The number of nitrogens with one attached hydrogen (secondary N) is 1. The number of oxime groups is 1. The number of thiophene rings is 1. The number of carboxylic acid groups (broad SMARTS) is 1. The van der Waals surface area contributed by atoms with Crippen molar-refractivity contribution in [3.8, 4) is 0 Å². The summed E-state index contributed by atoms with van der Waals surface area (Å²) < 4.78 is 0. The Morgan fingerprint density at radius 1 is 1.41 bits per heavy atom. The van der Waals surface area contributed by atoms with Crippen LogP contribution in [-0.2, 0) is 19.2 Å². The number of carbonyl (C=O) groups is 3. The highest BCUT2D eigenvalue weighted by atomic mass is 35.5. The Kier molecular flexibility index (Phi) is 5.24. The van der Waals surface area contributed by atoms with Crippen molar-refractivity contribution in [3.05, 3.63) is 45.3 Å². The number of hydrogen-bond donors (Lipinski definition) is 2. The molecule has 2 N–H and O–H groups in total. The molecule has 4 rings (SSSR count). The maximum atomic E-state index is 12.9. The van der Waals surface area contributed by atoms with Gasteiger partial charge in [-0.05, 0) is 22.9 Å². The first-order chi connectivity index (χ1) is 13.9. The zero-order chi connectivity index (χ0) is 20.7. The molecule has 150 valence electrons. The van der Waals surface area contributed by atoms with Crippen LogP contribution in [0.3, 0.4) is 0 Å². The lowest BCUT2D eigenvalue weighted by molar-refractivity contribution is -0.144. The number of nitrogens with zero attached hydrogens (tertiary/aromatic N) is 2. The Balaban J connectivity index is 1.56. The van der Waals surface area contributed by atoms with E-state index in [0.29, 0.717) is 9.90 Å². The molecule has 2 amide bonds. The van der Waals surface area contributed by atoms with Crippen LogP contribution >= 0.6 is 34.7 Å². The van der Waals surface area contributed by atoms with Gasteiger partial charge in [-0.25, -0.2) is 4.79 Å². The maximum absolute atomic E-state index is 12.9. The van der Waals surface area contributed by atoms with Gasteiger partial charge in [0, 0.05) is 22.4 Å². The molecule has 3 heterocycles. The maximum Gasteiger partial charge on any atom is 0.333 e. The average molecular weight is 452 g/mol. The summed E-state index contributed by atoms with van der Waals surface area (Å²) in [6.45, 7) is 0. The average Bonchev–Trinajstić information content (AvgIpc) is 3.11. The monoisotopic (exact) mass is 451 g/mol. The standard InChI is InChI=1S/C18H14ClN3O5S2/c1-27-21-12(14-11-3-2-10(19)4-8(11)6-28-14)15(23)20-13-16(24)22-5-9(18(25)26)7-29-17(13)22/h2-6,13,17H,7H2,1H3,(H,20,23)(H,25,26)/t13?,17-/m1/s1. The van der Waals surface area contributed by atoms with E-state index in [1.807, 2.05) is 5.38 Å². The van der Waals surface area contributed by atoms with Crippen molar-refractivity contribution in [2.75, 3.05) is 12.9 Å². The van der Waals surface area contributed by atoms with E-state index in [9.17, 15) is 14.4 Å². The molecule has 11 heteroatoms. The molecule has 2 aromatic rings. The van der Waals surface area contributed by atoms with Crippen molar-refractivity contribution in [1.82, 2.24) is 10.2 Å². The summed E-state index contributed by atoms with van der Waals surface area (Å²) in [7, 11) is 1.34. The third kappa shape index (κ3) is 3.47. The van der Waals surface area contributed by atoms with Gasteiger partial charge in [0.15, 0.2) is 5.71 Å². The number of thioether (sulfide) groups is 1. The first-order valence-electron chi connectivity index (χ1n) is 8.37. The molecule has 1 aromatic carbocycles. The summed E-state index contributed by atoms with van der Waals surface area (Å²) in [6, 6.07) is 4.55. The minimum Gasteiger partial charge on any atom is -0.478 e. The summed E-state index contributed by atoms with van der Waals surface area (Å²) in [4.78, 5) is 43.2. The lowest BCUT2D eigenvalue weighted by atomic mass is 10.1. The fourth-order valence-electron chi connectivity index (χ4n) is 3.12. The van der Waals surface area contributed by atoms with Gasteiger partial charge in [0.05, 0.1) is 10.5 Å². The topological polar surface area (TPSA) is 108 Å². The molecule has 1 saturated heterocycles. The lowest BCUT2D eigenvalue weighted by Gasteiger charge is -2.46.